The van der Waals surface area contributed by atoms with Gasteiger partial charge in [-0.15, -0.1) is 0 Å². The average molecular weight is 255 g/mol. The summed E-state index contributed by atoms with van der Waals surface area (Å²) in [5.41, 5.74) is 3.12. The lowest BCUT2D eigenvalue weighted by Crippen LogP contribution is -2.21. The zero-order valence-corrected chi connectivity index (χ0v) is 11.0. The standard InChI is InChI=1S/C15H17N3O/c1-11-16-14-10-18(9-13(14)15(19)17-11)8-7-12-5-3-2-4-6-12/h2-6H,7-10H2,1H3,(H,16,17,19). The number of rotatable bonds is 3. The van der Waals surface area contributed by atoms with E-state index in [4.69, 9.17) is 0 Å². The largest absolute Gasteiger partial charge is 0.310 e. The number of nitrogens with one attached hydrogen (secondary N) is 1. The second kappa shape index (κ2) is 4.97. The highest BCUT2D eigenvalue weighted by molar-refractivity contribution is 5.22. The topological polar surface area (TPSA) is 49.0 Å². The van der Waals surface area contributed by atoms with Crippen LogP contribution in [0.15, 0.2) is 35.1 Å². The molecule has 0 radical (unpaired) electrons. The molecule has 0 atom stereocenters. The molecule has 3 rings (SSSR count). The first-order valence-corrected chi connectivity index (χ1v) is 6.57. The van der Waals surface area contributed by atoms with Crippen molar-refractivity contribution in [2.75, 3.05) is 6.54 Å². The molecular weight excluding hydrogens is 238 g/mol. The molecule has 0 saturated heterocycles. The summed E-state index contributed by atoms with van der Waals surface area (Å²) in [6, 6.07) is 10.4. The van der Waals surface area contributed by atoms with Crippen molar-refractivity contribution in [3.05, 3.63) is 63.3 Å². The molecule has 98 valence electrons. The van der Waals surface area contributed by atoms with Crippen LogP contribution in [0.5, 0.6) is 0 Å². The van der Waals surface area contributed by atoms with E-state index >= 15 is 0 Å². The average Bonchev–Trinajstić information content (AvgIpc) is 2.81. The summed E-state index contributed by atoms with van der Waals surface area (Å²) in [5.74, 6) is 0.702. The van der Waals surface area contributed by atoms with Crippen LogP contribution in [0.4, 0.5) is 0 Å². The van der Waals surface area contributed by atoms with Crippen molar-refractivity contribution in [2.24, 2.45) is 0 Å². The molecule has 0 saturated carbocycles. The minimum atomic E-state index is 0.0183. The molecular formula is C15H17N3O. The van der Waals surface area contributed by atoms with Crippen LogP contribution in [0, 0.1) is 6.92 Å². The van der Waals surface area contributed by atoms with E-state index in [2.05, 4.69) is 39.1 Å². The van der Waals surface area contributed by atoms with Crippen molar-refractivity contribution < 1.29 is 0 Å². The Hall–Kier alpha value is -1.94. The van der Waals surface area contributed by atoms with E-state index in [-0.39, 0.29) is 5.56 Å². The second-order valence-corrected chi connectivity index (χ2v) is 5.02. The minimum absolute atomic E-state index is 0.0183. The molecule has 0 spiro atoms. The Labute approximate surface area is 112 Å². The highest BCUT2D eigenvalue weighted by Gasteiger charge is 2.22. The van der Waals surface area contributed by atoms with E-state index in [0.717, 1.165) is 30.8 Å². The Morgan fingerprint density at radius 3 is 2.84 bits per heavy atom. The highest BCUT2D eigenvalue weighted by Crippen LogP contribution is 2.17. The van der Waals surface area contributed by atoms with E-state index in [1.54, 1.807) is 0 Å². The van der Waals surface area contributed by atoms with Gasteiger partial charge in [0.05, 0.1) is 11.3 Å². The molecule has 1 N–H and O–H groups in total. The molecule has 19 heavy (non-hydrogen) atoms. The molecule has 2 aromatic rings. The van der Waals surface area contributed by atoms with Gasteiger partial charge in [0.2, 0.25) is 0 Å². The fourth-order valence-corrected chi connectivity index (χ4v) is 2.54. The molecule has 0 bridgehead atoms. The van der Waals surface area contributed by atoms with Crippen molar-refractivity contribution in [3.8, 4) is 0 Å². The van der Waals surface area contributed by atoms with Gasteiger partial charge >= 0.3 is 0 Å². The zero-order valence-electron chi connectivity index (χ0n) is 11.0. The predicted octanol–water partition coefficient (Wildman–Crippen LogP) is 1.64. The Balaban J connectivity index is 1.68. The van der Waals surface area contributed by atoms with Crippen LogP contribution < -0.4 is 5.56 Å². The van der Waals surface area contributed by atoms with Gasteiger partial charge in [0.1, 0.15) is 5.82 Å². The molecule has 1 aliphatic rings. The lowest BCUT2D eigenvalue weighted by molar-refractivity contribution is 0.286. The number of nitrogens with zero attached hydrogens (tertiary/aromatic N) is 2. The van der Waals surface area contributed by atoms with Crippen molar-refractivity contribution in [1.29, 1.82) is 0 Å². The van der Waals surface area contributed by atoms with Gasteiger partial charge < -0.3 is 4.98 Å². The maximum atomic E-state index is 11.8. The van der Waals surface area contributed by atoms with Gasteiger partial charge in [-0.05, 0) is 18.9 Å². The van der Waals surface area contributed by atoms with Crippen LogP contribution in [0.1, 0.15) is 22.6 Å². The first-order valence-electron chi connectivity index (χ1n) is 6.57. The summed E-state index contributed by atoms with van der Waals surface area (Å²) in [6.07, 6.45) is 1.01. The number of aromatic amines is 1. The number of aryl methyl sites for hydroxylation is 1. The van der Waals surface area contributed by atoms with Gasteiger partial charge in [-0.25, -0.2) is 4.98 Å². The third-order valence-electron chi connectivity index (χ3n) is 3.53. The van der Waals surface area contributed by atoms with Crippen LogP contribution in [0.3, 0.4) is 0 Å². The second-order valence-electron chi connectivity index (χ2n) is 5.02. The van der Waals surface area contributed by atoms with Gasteiger partial charge in [0.15, 0.2) is 0 Å². The monoisotopic (exact) mass is 255 g/mol. The van der Waals surface area contributed by atoms with Gasteiger partial charge in [0, 0.05) is 19.6 Å². The Bertz CT molecular complexity index is 634. The molecule has 0 unspecified atom stereocenters. The van der Waals surface area contributed by atoms with Crippen molar-refractivity contribution in [1.82, 2.24) is 14.9 Å². The summed E-state index contributed by atoms with van der Waals surface area (Å²) in [7, 11) is 0. The summed E-state index contributed by atoms with van der Waals surface area (Å²) in [4.78, 5) is 21.3. The number of fused-ring (bicyclic) bond motifs is 1. The van der Waals surface area contributed by atoms with Gasteiger partial charge in [0.25, 0.3) is 5.56 Å². The number of hydrogen-bond acceptors (Lipinski definition) is 3. The summed E-state index contributed by atoms with van der Waals surface area (Å²) in [6.45, 7) is 4.28. The summed E-state index contributed by atoms with van der Waals surface area (Å²) in [5, 5.41) is 0. The van der Waals surface area contributed by atoms with Gasteiger partial charge in [-0.3, -0.25) is 9.69 Å². The number of benzene rings is 1. The third-order valence-corrected chi connectivity index (χ3v) is 3.53. The fraction of sp³-hybridized carbons (Fsp3) is 0.333. The molecule has 4 nitrogen and oxygen atoms in total. The van der Waals surface area contributed by atoms with E-state index in [0.29, 0.717) is 12.4 Å². The van der Waals surface area contributed by atoms with Crippen LogP contribution >= 0.6 is 0 Å². The predicted molar refractivity (Wildman–Crippen MR) is 73.9 cm³/mol. The third kappa shape index (κ3) is 2.58. The van der Waals surface area contributed by atoms with Gasteiger partial charge in [-0.1, -0.05) is 30.3 Å². The van der Waals surface area contributed by atoms with Crippen LogP contribution in [0.2, 0.25) is 0 Å². The molecule has 1 aliphatic heterocycles. The van der Waals surface area contributed by atoms with Crippen LogP contribution in [-0.2, 0) is 19.5 Å². The first-order chi connectivity index (χ1) is 9.22. The lowest BCUT2D eigenvalue weighted by atomic mass is 10.1. The first kappa shape index (κ1) is 12.1. The lowest BCUT2D eigenvalue weighted by Gasteiger charge is -2.13. The quantitative estimate of drug-likeness (QED) is 0.907. The smallest absolute Gasteiger partial charge is 0.255 e. The number of aromatic nitrogens is 2. The highest BCUT2D eigenvalue weighted by atomic mass is 16.1. The van der Waals surface area contributed by atoms with Crippen LogP contribution in [0.25, 0.3) is 0 Å². The zero-order chi connectivity index (χ0) is 13.2. The Morgan fingerprint density at radius 1 is 1.26 bits per heavy atom. The van der Waals surface area contributed by atoms with Crippen LogP contribution in [-0.4, -0.2) is 21.4 Å². The van der Waals surface area contributed by atoms with E-state index in [9.17, 15) is 4.79 Å². The van der Waals surface area contributed by atoms with E-state index < -0.39 is 0 Å². The molecule has 0 amide bonds. The Morgan fingerprint density at radius 2 is 2.05 bits per heavy atom. The van der Waals surface area contributed by atoms with E-state index in [1.807, 2.05) is 13.0 Å². The Kier molecular flexibility index (Phi) is 3.17. The maximum absolute atomic E-state index is 11.8. The number of hydrogen-bond donors (Lipinski definition) is 1. The van der Waals surface area contributed by atoms with Crippen molar-refractivity contribution >= 4 is 0 Å². The van der Waals surface area contributed by atoms with E-state index in [1.165, 1.54) is 5.56 Å². The summed E-state index contributed by atoms with van der Waals surface area (Å²) < 4.78 is 0. The molecule has 4 heteroatoms. The molecule has 1 aromatic heterocycles. The minimum Gasteiger partial charge on any atom is -0.310 e. The SMILES string of the molecule is Cc1nc2c(c(=O)[nH]1)CN(CCc1ccccc1)C2. The van der Waals surface area contributed by atoms with Crippen molar-refractivity contribution in [3.63, 3.8) is 0 Å². The normalized spacial score (nSPS) is 14.6. The molecule has 0 fully saturated rings. The summed E-state index contributed by atoms with van der Waals surface area (Å²) >= 11 is 0. The molecule has 2 heterocycles. The fourth-order valence-electron chi connectivity index (χ4n) is 2.54. The molecule has 0 aliphatic carbocycles. The molecule has 1 aromatic carbocycles. The van der Waals surface area contributed by atoms with Crippen molar-refractivity contribution in [2.45, 2.75) is 26.4 Å². The maximum Gasteiger partial charge on any atom is 0.255 e. The number of H-pyrrole nitrogens is 1. The van der Waals surface area contributed by atoms with Gasteiger partial charge in [-0.2, -0.15) is 0 Å².